The van der Waals surface area contributed by atoms with Gasteiger partial charge in [-0.05, 0) is 12.8 Å². The van der Waals surface area contributed by atoms with Gasteiger partial charge in [0.05, 0.1) is 0 Å². The van der Waals surface area contributed by atoms with Gasteiger partial charge in [-0.1, -0.05) is 25.9 Å². The van der Waals surface area contributed by atoms with Gasteiger partial charge < -0.3 is 14.0 Å². The van der Waals surface area contributed by atoms with E-state index in [1.54, 1.807) is 6.33 Å². The predicted octanol–water partition coefficient (Wildman–Crippen LogP) is 1.83. The second kappa shape index (κ2) is 6.93. The van der Waals surface area contributed by atoms with Gasteiger partial charge in [-0.25, -0.2) is 0 Å². The number of likely N-dealkylation sites (tertiary alicyclic amines) is 1. The highest BCUT2D eigenvalue weighted by Gasteiger charge is 2.28. The van der Waals surface area contributed by atoms with Crippen LogP contribution in [-0.2, 0) is 23.7 Å². The highest BCUT2D eigenvalue weighted by Crippen LogP contribution is 2.25. The first-order valence-electron chi connectivity index (χ1n) is 8.79. The number of hydrogen-bond donors (Lipinski definition) is 0. The predicted molar refractivity (Wildman–Crippen MR) is 90.9 cm³/mol. The molecule has 0 radical (unpaired) electrons. The maximum atomic E-state index is 12.6. The molecule has 0 spiro atoms. The van der Waals surface area contributed by atoms with Gasteiger partial charge in [-0.3, -0.25) is 4.79 Å². The van der Waals surface area contributed by atoms with E-state index < -0.39 is 0 Å². The summed E-state index contributed by atoms with van der Waals surface area (Å²) in [5.74, 6) is 2.53. The van der Waals surface area contributed by atoms with Crippen molar-refractivity contribution in [2.75, 3.05) is 13.1 Å². The Hall–Kier alpha value is -2.25. The Labute approximate surface area is 147 Å². The van der Waals surface area contributed by atoms with Crippen LogP contribution < -0.4 is 0 Å². The summed E-state index contributed by atoms with van der Waals surface area (Å²) in [6, 6.07) is 0. The number of rotatable bonds is 4. The molecule has 2 aromatic heterocycles. The number of amides is 1. The van der Waals surface area contributed by atoms with Crippen LogP contribution >= 0.6 is 0 Å². The lowest BCUT2D eigenvalue weighted by atomic mass is 9.96. The van der Waals surface area contributed by atoms with Gasteiger partial charge in [-0.15, -0.1) is 10.2 Å². The van der Waals surface area contributed by atoms with E-state index in [0.717, 1.165) is 25.2 Å². The van der Waals surface area contributed by atoms with Gasteiger partial charge >= 0.3 is 0 Å². The number of aromatic nitrogens is 5. The van der Waals surface area contributed by atoms with Crippen molar-refractivity contribution >= 4 is 5.91 Å². The molecule has 8 heteroatoms. The molecule has 1 aliphatic heterocycles. The van der Waals surface area contributed by atoms with Crippen LogP contribution in [0, 0.1) is 0 Å². The number of carbonyl (C=O) groups excluding carboxylic acids is 1. The van der Waals surface area contributed by atoms with Gasteiger partial charge in [0.15, 0.2) is 5.82 Å². The van der Waals surface area contributed by atoms with E-state index in [4.69, 9.17) is 4.52 Å². The molecule has 0 unspecified atom stereocenters. The molecule has 1 aliphatic rings. The summed E-state index contributed by atoms with van der Waals surface area (Å²) in [5.41, 5.74) is -0.151. The molecule has 1 saturated heterocycles. The van der Waals surface area contributed by atoms with Crippen LogP contribution in [-0.4, -0.2) is 48.8 Å². The minimum Gasteiger partial charge on any atom is -0.342 e. The zero-order valence-corrected chi connectivity index (χ0v) is 15.4. The SMILES string of the molecule is Cn1cnnc1[C@H]1CCCN(C(=O)CCc2nc(C(C)(C)C)no2)C1. The molecule has 25 heavy (non-hydrogen) atoms. The van der Waals surface area contributed by atoms with Gasteiger partial charge in [0, 0.05) is 44.3 Å². The Morgan fingerprint density at radius 3 is 2.84 bits per heavy atom. The first-order valence-corrected chi connectivity index (χ1v) is 8.79. The third-order valence-corrected chi connectivity index (χ3v) is 4.58. The van der Waals surface area contributed by atoms with E-state index in [-0.39, 0.29) is 17.2 Å². The van der Waals surface area contributed by atoms with Crippen molar-refractivity contribution in [1.82, 2.24) is 29.8 Å². The summed E-state index contributed by atoms with van der Waals surface area (Å²) >= 11 is 0. The molecule has 0 N–H and O–H groups in total. The molecular formula is C17H26N6O2. The first kappa shape index (κ1) is 17.6. The van der Waals surface area contributed by atoms with E-state index in [9.17, 15) is 4.79 Å². The molecule has 1 atom stereocenters. The van der Waals surface area contributed by atoms with Crippen molar-refractivity contribution in [2.45, 2.75) is 57.8 Å². The number of carbonyl (C=O) groups is 1. The van der Waals surface area contributed by atoms with Crippen molar-refractivity contribution in [3.63, 3.8) is 0 Å². The molecule has 1 fully saturated rings. The lowest BCUT2D eigenvalue weighted by Crippen LogP contribution is -2.39. The summed E-state index contributed by atoms with van der Waals surface area (Å²) in [7, 11) is 1.94. The number of nitrogens with zero attached hydrogens (tertiary/aromatic N) is 6. The Bertz CT molecular complexity index is 730. The number of hydrogen-bond acceptors (Lipinski definition) is 6. The molecule has 3 rings (SSSR count). The lowest BCUT2D eigenvalue weighted by molar-refractivity contribution is -0.132. The Kier molecular flexibility index (Phi) is 4.87. The van der Waals surface area contributed by atoms with Crippen LogP contribution in [0.2, 0.25) is 0 Å². The van der Waals surface area contributed by atoms with Crippen LogP contribution in [0.15, 0.2) is 10.9 Å². The molecule has 136 valence electrons. The maximum Gasteiger partial charge on any atom is 0.227 e. The Morgan fingerprint density at radius 1 is 1.40 bits per heavy atom. The molecule has 8 nitrogen and oxygen atoms in total. The van der Waals surface area contributed by atoms with Gasteiger partial charge in [-0.2, -0.15) is 4.98 Å². The molecule has 0 aromatic carbocycles. The fourth-order valence-corrected chi connectivity index (χ4v) is 3.11. The van der Waals surface area contributed by atoms with Crippen molar-refractivity contribution < 1.29 is 9.32 Å². The zero-order chi connectivity index (χ0) is 18.0. The number of piperidine rings is 1. The molecular weight excluding hydrogens is 320 g/mol. The summed E-state index contributed by atoms with van der Waals surface area (Å²) < 4.78 is 7.21. The summed E-state index contributed by atoms with van der Waals surface area (Å²) in [5, 5.41) is 12.1. The van der Waals surface area contributed by atoms with Crippen LogP contribution in [0.4, 0.5) is 0 Å². The highest BCUT2D eigenvalue weighted by molar-refractivity contribution is 5.76. The van der Waals surface area contributed by atoms with E-state index >= 15 is 0 Å². The van der Waals surface area contributed by atoms with E-state index in [1.807, 2.05) is 37.3 Å². The van der Waals surface area contributed by atoms with E-state index in [0.29, 0.717) is 31.1 Å². The quantitative estimate of drug-likeness (QED) is 0.839. The van der Waals surface area contributed by atoms with E-state index in [1.165, 1.54) is 0 Å². The lowest BCUT2D eigenvalue weighted by Gasteiger charge is -2.32. The van der Waals surface area contributed by atoms with Crippen molar-refractivity contribution in [2.24, 2.45) is 7.05 Å². The maximum absolute atomic E-state index is 12.6. The largest absolute Gasteiger partial charge is 0.342 e. The monoisotopic (exact) mass is 346 g/mol. The van der Waals surface area contributed by atoms with Gasteiger partial charge in [0.25, 0.3) is 0 Å². The van der Waals surface area contributed by atoms with Crippen LogP contribution in [0.1, 0.15) is 63.5 Å². The summed E-state index contributed by atoms with van der Waals surface area (Å²) in [6.45, 7) is 7.60. The fraction of sp³-hybridized carbons (Fsp3) is 0.706. The molecule has 0 aliphatic carbocycles. The number of aryl methyl sites for hydroxylation is 2. The Morgan fingerprint density at radius 2 is 2.20 bits per heavy atom. The minimum absolute atomic E-state index is 0.127. The van der Waals surface area contributed by atoms with Crippen LogP contribution in [0.25, 0.3) is 0 Å². The Balaban J connectivity index is 1.56. The molecule has 1 amide bonds. The van der Waals surface area contributed by atoms with Crippen LogP contribution in [0.3, 0.4) is 0 Å². The zero-order valence-electron chi connectivity index (χ0n) is 15.4. The van der Waals surface area contributed by atoms with Crippen molar-refractivity contribution in [3.05, 3.63) is 23.9 Å². The van der Waals surface area contributed by atoms with Crippen LogP contribution in [0.5, 0.6) is 0 Å². The summed E-state index contributed by atoms with van der Waals surface area (Å²) in [4.78, 5) is 18.9. The van der Waals surface area contributed by atoms with Crippen molar-refractivity contribution in [1.29, 1.82) is 0 Å². The third-order valence-electron chi connectivity index (χ3n) is 4.58. The average molecular weight is 346 g/mol. The average Bonchev–Trinajstić information content (AvgIpc) is 3.21. The second-order valence-corrected chi connectivity index (χ2v) is 7.74. The fourth-order valence-electron chi connectivity index (χ4n) is 3.11. The molecule has 2 aromatic rings. The third kappa shape index (κ3) is 4.05. The standard InChI is InChI=1S/C17H26N6O2/c1-17(2,3)16-19-13(25-21-16)7-8-14(24)23-9-5-6-12(10-23)15-20-18-11-22(15)4/h11-12H,5-10H2,1-4H3/t12-/m0/s1. The van der Waals surface area contributed by atoms with Gasteiger partial charge in [0.1, 0.15) is 12.2 Å². The molecule has 0 saturated carbocycles. The van der Waals surface area contributed by atoms with Gasteiger partial charge in [0.2, 0.25) is 11.8 Å². The normalized spacial score (nSPS) is 18.6. The molecule has 0 bridgehead atoms. The first-order chi connectivity index (χ1) is 11.8. The smallest absolute Gasteiger partial charge is 0.227 e. The minimum atomic E-state index is -0.151. The molecule has 3 heterocycles. The topological polar surface area (TPSA) is 89.9 Å². The second-order valence-electron chi connectivity index (χ2n) is 7.74. The highest BCUT2D eigenvalue weighted by atomic mass is 16.5. The van der Waals surface area contributed by atoms with Crippen molar-refractivity contribution in [3.8, 4) is 0 Å². The van der Waals surface area contributed by atoms with E-state index in [2.05, 4.69) is 20.3 Å². The summed E-state index contributed by atoms with van der Waals surface area (Å²) in [6.07, 6.45) is 4.59.